The summed E-state index contributed by atoms with van der Waals surface area (Å²) in [6, 6.07) is 0. The highest BCUT2D eigenvalue weighted by Gasteiger charge is 2.16. The van der Waals surface area contributed by atoms with E-state index in [1.165, 1.54) is 37.6 Å². The average Bonchev–Trinajstić information content (AvgIpc) is 2.23. The number of aliphatic carboxylic acids is 1. The first-order valence-electron chi connectivity index (χ1n) is 5.65. The molecule has 0 spiro atoms. The van der Waals surface area contributed by atoms with Gasteiger partial charge in [0.25, 0.3) is 0 Å². The number of hydrogen-bond acceptors (Lipinski definition) is 2. The molecule has 0 aromatic rings. The minimum Gasteiger partial charge on any atom is -0.479 e. The van der Waals surface area contributed by atoms with Crippen LogP contribution < -0.4 is 0 Å². The summed E-state index contributed by atoms with van der Waals surface area (Å²) in [6.45, 7) is 15.4. The zero-order chi connectivity index (χ0) is 12.5. The van der Waals surface area contributed by atoms with Gasteiger partial charge in [-0.3, -0.25) is 0 Å². The third kappa shape index (κ3) is 7.33. The molecule has 1 unspecified atom stereocenters. The van der Waals surface area contributed by atoms with Gasteiger partial charge >= 0.3 is 5.97 Å². The Morgan fingerprint density at radius 2 is 1.27 bits per heavy atom. The van der Waals surface area contributed by atoms with Crippen molar-refractivity contribution in [1.82, 2.24) is 0 Å². The van der Waals surface area contributed by atoms with Crippen LogP contribution in [0.3, 0.4) is 0 Å². The lowest BCUT2D eigenvalue weighted by Crippen LogP contribution is -2.47. The van der Waals surface area contributed by atoms with Crippen LogP contribution in [0, 0.1) is 0 Å². The Labute approximate surface area is 93.1 Å². The summed E-state index contributed by atoms with van der Waals surface area (Å²) in [5.74, 6) is -1.19. The predicted octanol–water partition coefficient (Wildman–Crippen LogP) is 1.33. The third-order valence-corrected chi connectivity index (χ3v) is 3.04. The van der Waals surface area contributed by atoms with Crippen LogP contribution in [0.5, 0.6) is 0 Å². The second-order valence-corrected chi connectivity index (χ2v) is 3.62. The molecular weight excluding hydrogens is 194 g/mol. The number of nitrogens with zero attached hydrogens (tertiary/aromatic N) is 1. The van der Waals surface area contributed by atoms with Crippen molar-refractivity contribution in [2.24, 2.45) is 0 Å². The summed E-state index contributed by atoms with van der Waals surface area (Å²) in [5, 5.41) is 15.8. The molecule has 0 aliphatic heterocycles. The fraction of sp³-hybridized carbons (Fsp3) is 0.909. The van der Waals surface area contributed by atoms with Crippen LogP contribution in [-0.4, -0.2) is 52.9 Å². The van der Waals surface area contributed by atoms with E-state index in [4.69, 9.17) is 10.2 Å². The standard InChI is InChI=1S/C8H20N.C3H6O3/c1-5-9(6-2,7-3)8-4;1-2(4)3(5)6/h5-8H2,1-4H3;2,4H,1H3,(H,5,6)/q+1;. The van der Waals surface area contributed by atoms with E-state index in [1.807, 2.05) is 0 Å². The minimum absolute atomic E-state index is 1.19. The number of carboxylic acids is 1. The molecule has 0 heterocycles. The van der Waals surface area contributed by atoms with Gasteiger partial charge in [-0.2, -0.15) is 0 Å². The second-order valence-electron chi connectivity index (χ2n) is 3.62. The van der Waals surface area contributed by atoms with E-state index in [1.54, 1.807) is 0 Å². The molecule has 0 aliphatic carbocycles. The first-order valence-corrected chi connectivity index (χ1v) is 5.65. The van der Waals surface area contributed by atoms with Crippen LogP contribution >= 0.6 is 0 Å². The van der Waals surface area contributed by atoms with E-state index in [-0.39, 0.29) is 0 Å². The van der Waals surface area contributed by atoms with E-state index in [2.05, 4.69) is 27.7 Å². The number of carbonyl (C=O) groups is 1. The summed E-state index contributed by atoms with van der Waals surface area (Å²) in [7, 11) is 0. The van der Waals surface area contributed by atoms with Gasteiger partial charge in [0.15, 0.2) is 0 Å². The summed E-state index contributed by atoms with van der Waals surface area (Å²) in [6.07, 6.45) is -1.23. The maximum Gasteiger partial charge on any atom is 0.332 e. The normalized spacial score (nSPS) is 12.7. The molecule has 0 rings (SSSR count). The lowest BCUT2D eigenvalue weighted by Gasteiger charge is -2.34. The Bertz CT molecular complexity index is 148. The maximum atomic E-state index is 9.45. The number of hydrogen-bond donors (Lipinski definition) is 2. The lowest BCUT2D eigenvalue weighted by atomic mass is 10.3. The smallest absolute Gasteiger partial charge is 0.332 e. The number of aliphatic hydroxyl groups excluding tert-OH is 1. The summed E-state index contributed by atoms with van der Waals surface area (Å²) < 4.78 is 1.28. The van der Waals surface area contributed by atoms with Gasteiger partial charge in [-0.1, -0.05) is 0 Å². The predicted molar refractivity (Wildman–Crippen MR) is 61.7 cm³/mol. The Hall–Kier alpha value is -0.610. The van der Waals surface area contributed by atoms with Crippen LogP contribution in [0.25, 0.3) is 0 Å². The highest BCUT2D eigenvalue weighted by atomic mass is 16.4. The van der Waals surface area contributed by atoms with Crippen molar-refractivity contribution in [3.8, 4) is 0 Å². The van der Waals surface area contributed by atoms with Crippen molar-refractivity contribution in [3.05, 3.63) is 0 Å². The lowest BCUT2D eigenvalue weighted by molar-refractivity contribution is -0.921. The molecule has 0 aromatic heterocycles. The SMILES string of the molecule is CC(O)C(=O)O.CC[N+](CC)(CC)CC. The monoisotopic (exact) mass is 220 g/mol. The van der Waals surface area contributed by atoms with Gasteiger partial charge in [0.05, 0.1) is 26.2 Å². The first-order chi connectivity index (χ1) is 6.89. The quantitative estimate of drug-likeness (QED) is 0.687. The Morgan fingerprint density at radius 3 is 1.27 bits per heavy atom. The molecule has 0 fully saturated rings. The van der Waals surface area contributed by atoms with Crippen LogP contribution in [0.2, 0.25) is 0 Å². The summed E-state index contributed by atoms with van der Waals surface area (Å²) >= 11 is 0. The molecule has 4 heteroatoms. The van der Waals surface area contributed by atoms with Crippen molar-refractivity contribution < 1.29 is 19.5 Å². The van der Waals surface area contributed by atoms with Gasteiger partial charge < -0.3 is 14.7 Å². The average molecular weight is 220 g/mol. The second kappa shape index (κ2) is 8.68. The topological polar surface area (TPSA) is 57.5 Å². The van der Waals surface area contributed by atoms with E-state index in [0.29, 0.717) is 0 Å². The molecule has 1 atom stereocenters. The first kappa shape index (κ1) is 16.8. The van der Waals surface area contributed by atoms with Crippen LogP contribution in [-0.2, 0) is 4.79 Å². The van der Waals surface area contributed by atoms with Crippen molar-refractivity contribution in [3.63, 3.8) is 0 Å². The van der Waals surface area contributed by atoms with Crippen LogP contribution in [0.1, 0.15) is 34.6 Å². The number of carboxylic acid groups (broad SMARTS) is 1. The Morgan fingerprint density at radius 1 is 1.07 bits per heavy atom. The molecule has 0 saturated carbocycles. The number of rotatable bonds is 5. The van der Waals surface area contributed by atoms with E-state index >= 15 is 0 Å². The molecule has 0 saturated heterocycles. The molecule has 0 bridgehead atoms. The van der Waals surface area contributed by atoms with Gasteiger partial charge in [-0.05, 0) is 34.6 Å². The van der Waals surface area contributed by atoms with Gasteiger partial charge in [0.1, 0.15) is 6.10 Å². The Balaban J connectivity index is 0. The molecular formula is C11H26NO3+. The molecule has 92 valence electrons. The van der Waals surface area contributed by atoms with Gasteiger partial charge in [-0.25, -0.2) is 4.79 Å². The van der Waals surface area contributed by atoms with Crippen LogP contribution in [0.15, 0.2) is 0 Å². The minimum atomic E-state index is -1.23. The summed E-state index contributed by atoms with van der Waals surface area (Å²) in [4.78, 5) is 9.45. The van der Waals surface area contributed by atoms with Crippen LogP contribution in [0.4, 0.5) is 0 Å². The maximum absolute atomic E-state index is 9.45. The molecule has 0 radical (unpaired) electrons. The fourth-order valence-electron chi connectivity index (χ4n) is 1.34. The van der Waals surface area contributed by atoms with E-state index in [0.717, 1.165) is 0 Å². The van der Waals surface area contributed by atoms with Crippen molar-refractivity contribution in [1.29, 1.82) is 0 Å². The van der Waals surface area contributed by atoms with Crippen molar-refractivity contribution in [2.45, 2.75) is 40.7 Å². The van der Waals surface area contributed by atoms with Gasteiger partial charge in [0.2, 0.25) is 0 Å². The van der Waals surface area contributed by atoms with E-state index in [9.17, 15) is 4.79 Å². The van der Waals surface area contributed by atoms with Gasteiger partial charge in [0, 0.05) is 0 Å². The highest BCUT2D eigenvalue weighted by Crippen LogP contribution is 2.03. The largest absolute Gasteiger partial charge is 0.479 e. The number of quaternary nitrogens is 1. The number of aliphatic hydroxyl groups is 1. The highest BCUT2D eigenvalue weighted by molar-refractivity contribution is 5.71. The molecule has 0 amide bonds. The Kier molecular flexibility index (Phi) is 9.72. The van der Waals surface area contributed by atoms with Crippen molar-refractivity contribution in [2.75, 3.05) is 26.2 Å². The fourth-order valence-corrected chi connectivity index (χ4v) is 1.34. The van der Waals surface area contributed by atoms with Crippen molar-refractivity contribution >= 4 is 5.97 Å². The van der Waals surface area contributed by atoms with E-state index < -0.39 is 12.1 Å². The third-order valence-electron chi connectivity index (χ3n) is 3.04. The molecule has 4 nitrogen and oxygen atoms in total. The molecule has 2 N–H and O–H groups in total. The molecule has 0 aromatic carbocycles. The van der Waals surface area contributed by atoms with Gasteiger partial charge in [-0.15, -0.1) is 0 Å². The zero-order valence-electron chi connectivity index (χ0n) is 10.7. The summed E-state index contributed by atoms with van der Waals surface area (Å²) in [5.41, 5.74) is 0. The molecule has 15 heavy (non-hydrogen) atoms. The zero-order valence-corrected chi connectivity index (χ0v) is 10.7. The molecule has 0 aliphatic rings.